The molecular weight excluding hydrogens is 364 g/mol. The van der Waals surface area contributed by atoms with Gasteiger partial charge in [0.2, 0.25) is 0 Å². The predicted molar refractivity (Wildman–Crippen MR) is 80.7 cm³/mol. The summed E-state index contributed by atoms with van der Waals surface area (Å²) < 4.78 is 53.6. The third kappa shape index (κ3) is 3.08. The highest BCUT2D eigenvalue weighted by Crippen LogP contribution is 2.27. The minimum atomic E-state index is -4.03. The third-order valence-electron chi connectivity index (χ3n) is 2.89. The van der Waals surface area contributed by atoms with Crippen LogP contribution >= 0.6 is 15.9 Å². The topological polar surface area (TPSA) is 37.4 Å². The highest BCUT2D eigenvalue weighted by atomic mass is 79.9. The van der Waals surface area contributed by atoms with Gasteiger partial charge in [0.05, 0.1) is 15.1 Å². The fraction of sp³-hybridized carbons (Fsp3) is 0.143. The number of benzene rings is 2. The molecule has 0 saturated heterocycles. The van der Waals surface area contributed by atoms with Gasteiger partial charge >= 0.3 is 0 Å². The molecule has 0 atom stereocenters. The molecule has 0 aliphatic heterocycles. The second-order valence-corrected chi connectivity index (χ2v) is 6.91. The summed E-state index contributed by atoms with van der Waals surface area (Å²) in [5.74, 6) is -1.35. The molecule has 7 heteroatoms. The van der Waals surface area contributed by atoms with E-state index in [2.05, 4.69) is 15.9 Å². The number of para-hydroxylation sites is 1. The average molecular weight is 376 g/mol. The number of rotatable bonds is 4. The molecule has 0 N–H and O–H groups in total. The van der Waals surface area contributed by atoms with Crippen molar-refractivity contribution >= 4 is 31.6 Å². The Balaban J connectivity index is 2.55. The molecule has 112 valence electrons. The van der Waals surface area contributed by atoms with Crippen molar-refractivity contribution in [3.05, 3.63) is 58.6 Å². The summed E-state index contributed by atoms with van der Waals surface area (Å²) in [6, 6.07) is 9.03. The Morgan fingerprint density at radius 3 is 2.33 bits per heavy atom. The van der Waals surface area contributed by atoms with Gasteiger partial charge in [0.15, 0.2) is 0 Å². The van der Waals surface area contributed by atoms with Crippen LogP contribution in [0.2, 0.25) is 0 Å². The first-order chi connectivity index (χ1) is 9.87. The Morgan fingerprint density at radius 1 is 1.10 bits per heavy atom. The van der Waals surface area contributed by atoms with Gasteiger partial charge in [0, 0.05) is 6.54 Å². The van der Waals surface area contributed by atoms with Crippen molar-refractivity contribution in [2.45, 2.75) is 11.8 Å². The Kier molecular flexibility index (Phi) is 4.63. The van der Waals surface area contributed by atoms with Gasteiger partial charge in [-0.1, -0.05) is 12.1 Å². The highest BCUT2D eigenvalue weighted by molar-refractivity contribution is 9.10. The van der Waals surface area contributed by atoms with Crippen LogP contribution in [-0.2, 0) is 10.0 Å². The number of sulfonamides is 1. The normalized spacial score (nSPS) is 11.4. The number of anilines is 1. The van der Waals surface area contributed by atoms with E-state index in [1.165, 1.54) is 30.3 Å². The fourth-order valence-corrected chi connectivity index (χ4v) is 3.63. The monoisotopic (exact) mass is 375 g/mol. The lowest BCUT2D eigenvalue weighted by atomic mass is 10.3. The minimum Gasteiger partial charge on any atom is -0.264 e. The summed E-state index contributed by atoms with van der Waals surface area (Å²) in [4.78, 5) is -0.228. The van der Waals surface area contributed by atoms with E-state index in [9.17, 15) is 17.2 Å². The highest BCUT2D eigenvalue weighted by Gasteiger charge is 2.26. The molecule has 0 aliphatic carbocycles. The van der Waals surface area contributed by atoms with Crippen molar-refractivity contribution < 1.29 is 17.2 Å². The summed E-state index contributed by atoms with van der Waals surface area (Å²) in [7, 11) is -4.03. The lowest BCUT2D eigenvalue weighted by Gasteiger charge is -2.23. The Labute approximate surface area is 130 Å². The van der Waals surface area contributed by atoms with Gasteiger partial charge in [-0.25, -0.2) is 17.2 Å². The molecule has 0 aromatic heterocycles. The number of halogens is 3. The van der Waals surface area contributed by atoms with Gasteiger partial charge < -0.3 is 0 Å². The summed E-state index contributed by atoms with van der Waals surface area (Å²) in [5, 5.41) is 0. The van der Waals surface area contributed by atoms with Crippen LogP contribution in [0, 0.1) is 11.6 Å². The molecule has 0 saturated carbocycles. The molecule has 2 aromatic rings. The molecule has 2 aromatic carbocycles. The fourth-order valence-electron chi connectivity index (χ4n) is 1.89. The molecule has 21 heavy (non-hydrogen) atoms. The van der Waals surface area contributed by atoms with E-state index in [1.807, 2.05) is 0 Å². The van der Waals surface area contributed by atoms with Gasteiger partial charge in [0.25, 0.3) is 10.0 Å². The summed E-state index contributed by atoms with van der Waals surface area (Å²) in [6.45, 7) is 1.61. The first-order valence-electron chi connectivity index (χ1n) is 6.10. The van der Waals surface area contributed by atoms with Crippen molar-refractivity contribution in [3.8, 4) is 0 Å². The molecule has 0 bridgehead atoms. The molecule has 0 fully saturated rings. The van der Waals surface area contributed by atoms with Crippen LogP contribution in [0.3, 0.4) is 0 Å². The van der Waals surface area contributed by atoms with Crippen molar-refractivity contribution in [1.29, 1.82) is 0 Å². The van der Waals surface area contributed by atoms with Gasteiger partial charge in [-0.15, -0.1) is 0 Å². The summed E-state index contributed by atoms with van der Waals surface area (Å²) in [5.41, 5.74) is -0.0664. The first kappa shape index (κ1) is 15.9. The summed E-state index contributed by atoms with van der Waals surface area (Å²) >= 11 is 2.96. The zero-order chi connectivity index (χ0) is 15.6. The van der Waals surface area contributed by atoms with Crippen molar-refractivity contribution in [2.24, 2.45) is 0 Å². The van der Waals surface area contributed by atoms with Gasteiger partial charge in [0.1, 0.15) is 11.6 Å². The largest absolute Gasteiger partial charge is 0.264 e. The minimum absolute atomic E-state index is 0.0287. The van der Waals surface area contributed by atoms with E-state index < -0.39 is 21.7 Å². The van der Waals surface area contributed by atoms with Crippen LogP contribution in [0.1, 0.15) is 6.92 Å². The lowest BCUT2D eigenvalue weighted by molar-refractivity contribution is 0.582. The van der Waals surface area contributed by atoms with Gasteiger partial charge in [-0.3, -0.25) is 4.31 Å². The zero-order valence-electron chi connectivity index (χ0n) is 11.1. The maximum absolute atomic E-state index is 13.8. The van der Waals surface area contributed by atoms with Crippen molar-refractivity contribution in [1.82, 2.24) is 0 Å². The predicted octanol–water partition coefficient (Wildman–Crippen LogP) is 3.94. The van der Waals surface area contributed by atoms with Crippen LogP contribution in [0.4, 0.5) is 14.5 Å². The van der Waals surface area contributed by atoms with Crippen molar-refractivity contribution in [2.75, 3.05) is 10.8 Å². The second kappa shape index (κ2) is 6.11. The second-order valence-electron chi connectivity index (χ2n) is 4.20. The molecule has 0 spiro atoms. The molecular formula is C14H12BrF2NO2S. The van der Waals surface area contributed by atoms with E-state index in [0.717, 1.165) is 10.4 Å². The van der Waals surface area contributed by atoms with E-state index in [1.54, 1.807) is 13.0 Å². The maximum Gasteiger partial charge on any atom is 0.264 e. The van der Waals surface area contributed by atoms with E-state index in [0.29, 0.717) is 0 Å². The number of hydrogen-bond donors (Lipinski definition) is 0. The standard InChI is InChI=1S/C14H12BrF2NO2S/c1-2-18(14-6-4-3-5-12(14)16)21(19,20)10-7-8-11(15)13(17)9-10/h3-9H,2H2,1H3. The Bertz CT molecular complexity index is 765. The van der Waals surface area contributed by atoms with E-state index in [-0.39, 0.29) is 21.6 Å². The van der Waals surface area contributed by atoms with E-state index >= 15 is 0 Å². The summed E-state index contributed by atoms with van der Waals surface area (Å²) in [6.07, 6.45) is 0. The van der Waals surface area contributed by atoms with Crippen LogP contribution in [0.5, 0.6) is 0 Å². The molecule has 0 radical (unpaired) electrons. The van der Waals surface area contributed by atoms with Gasteiger partial charge in [-0.05, 0) is 53.2 Å². The molecule has 2 rings (SSSR count). The molecule has 3 nitrogen and oxygen atoms in total. The van der Waals surface area contributed by atoms with Crippen LogP contribution in [0.25, 0.3) is 0 Å². The Hall–Kier alpha value is -1.47. The maximum atomic E-state index is 13.8. The molecule has 0 aliphatic rings. The van der Waals surface area contributed by atoms with E-state index in [4.69, 9.17) is 0 Å². The first-order valence-corrected chi connectivity index (χ1v) is 8.33. The quantitative estimate of drug-likeness (QED) is 0.811. The zero-order valence-corrected chi connectivity index (χ0v) is 13.5. The number of nitrogens with zero attached hydrogens (tertiary/aromatic N) is 1. The molecule has 0 unspecified atom stereocenters. The van der Waals surface area contributed by atoms with Crippen molar-refractivity contribution in [3.63, 3.8) is 0 Å². The van der Waals surface area contributed by atoms with Crippen LogP contribution < -0.4 is 4.31 Å². The van der Waals surface area contributed by atoms with Gasteiger partial charge in [-0.2, -0.15) is 0 Å². The van der Waals surface area contributed by atoms with Crippen LogP contribution in [0.15, 0.2) is 51.8 Å². The Morgan fingerprint density at radius 2 is 1.76 bits per heavy atom. The smallest absolute Gasteiger partial charge is 0.264 e. The third-order valence-corrected chi connectivity index (χ3v) is 5.42. The SMILES string of the molecule is CCN(c1ccccc1F)S(=O)(=O)c1ccc(Br)c(F)c1. The molecule has 0 heterocycles. The number of hydrogen-bond acceptors (Lipinski definition) is 2. The molecule has 0 amide bonds. The lowest BCUT2D eigenvalue weighted by Crippen LogP contribution is -2.31. The van der Waals surface area contributed by atoms with Crippen LogP contribution in [-0.4, -0.2) is 15.0 Å². The average Bonchev–Trinajstić information content (AvgIpc) is 2.44.